The average molecular weight is 260 g/mol. The van der Waals surface area contributed by atoms with E-state index >= 15 is 0 Å². The third-order valence-corrected chi connectivity index (χ3v) is 3.79. The molecule has 0 radical (unpaired) electrons. The molecule has 0 spiro atoms. The molecule has 2 rings (SSSR count). The van der Waals surface area contributed by atoms with Crippen LogP contribution in [0.3, 0.4) is 0 Å². The van der Waals surface area contributed by atoms with Crippen LogP contribution in [0.1, 0.15) is 31.2 Å². The maximum Gasteiger partial charge on any atom is 0.120 e. The van der Waals surface area contributed by atoms with Gasteiger partial charge in [0.2, 0.25) is 0 Å². The van der Waals surface area contributed by atoms with Crippen molar-refractivity contribution in [3.63, 3.8) is 0 Å². The highest BCUT2D eigenvalue weighted by atomic mass is 16.1. The van der Waals surface area contributed by atoms with E-state index in [0.29, 0.717) is 6.42 Å². The first-order valence-corrected chi connectivity index (χ1v) is 7.21. The minimum absolute atomic E-state index is 0.654. The molecule has 1 aromatic carbocycles. The second-order valence-electron chi connectivity index (χ2n) is 5.46. The number of aldehydes is 1. The molecule has 1 aromatic rings. The molecule has 104 valence electrons. The molecule has 0 N–H and O–H groups in total. The zero-order valence-corrected chi connectivity index (χ0v) is 12.1. The molecule has 0 amide bonds. The Kier molecular flexibility index (Phi) is 4.83. The Hall–Kier alpha value is -1.51. The predicted octanol–water partition coefficient (Wildman–Crippen LogP) is 2.87. The molecule has 1 heterocycles. The maximum absolute atomic E-state index is 10.4. The summed E-state index contributed by atoms with van der Waals surface area (Å²) in [6.45, 7) is 2.36. The first-order valence-electron chi connectivity index (χ1n) is 7.21. The largest absolute Gasteiger partial charge is 0.377 e. The Morgan fingerprint density at radius 1 is 1.26 bits per heavy atom. The number of unbranched alkanes of at least 4 members (excludes halogenated alkanes) is 1. The molecule has 1 aliphatic heterocycles. The van der Waals surface area contributed by atoms with E-state index in [-0.39, 0.29) is 0 Å². The van der Waals surface area contributed by atoms with E-state index in [1.165, 1.54) is 42.9 Å². The van der Waals surface area contributed by atoms with Gasteiger partial charge in [0.1, 0.15) is 6.29 Å². The van der Waals surface area contributed by atoms with Crippen LogP contribution in [0.2, 0.25) is 0 Å². The lowest BCUT2D eigenvalue weighted by Crippen LogP contribution is -2.19. The fourth-order valence-corrected chi connectivity index (χ4v) is 2.73. The Morgan fingerprint density at radius 3 is 2.63 bits per heavy atom. The van der Waals surface area contributed by atoms with Crippen molar-refractivity contribution in [2.45, 2.75) is 32.1 Å². The zero-order chi connectivity index (χ0) is 13.7. The first kappa shape index (κ1) is 13.9. The van der Waals surface area contributed by atoms with Crippen molar-refractivity contribution in [3.05, 3.63) is 23.8 Å². The third kappa shape index (κ3) is 3.49. The van der Waals surface area contributed by atoms with Crippen LogP contribution in [0.4, 0.5) is 11.4 Å². The molecule has 3 nitrogen and oxygen atoms in total. The van der Waals surface area contributed by atoms with Crippen molar-refractivity contribution in [2.24, 2.45) is 0 Å². The van der Waals surface area contributed by atoms with E-state index in [4.69, 9.17) is 0 Å². The van der Waals surface area contributed by atoms with Gasteiger partial charge in [-0.15, -0.1) is 0 Å². The van der Waals surface area contributed by atoms with Crippen molar-refractivity contribution in [1.29, 1.82) is 0 Å². The number of hydrogen-bond donors (Lipinski definition) is 0. The zero-order valence-electron chi connectivity index (χ0n) is 12.1. The predicted molar refractivity (Wildman–Crippen MR) is 81.2 cm³/mol. The molecule has 1 aliphatic rings. The summed E-state index contributed by atoms with van der Waals surface area (Å²) in [5, 5.41) is 0. The van der Waals surface area contributed by atoms with E-state index in [2.05, 4.69) is 42.1 Å². The van der Waals surface area contributed by atoms with Crippen LogP contribution in [0.15, 0.2) is 18.2 Å². The molecule has 0 aromatic heterocycles. The van der Waals surface area contributed by atoms with Crippen LogP contribution < -0.4 is 9.80 Å². The summed E-state index contributed by atoms with van der Waals surface area (Å²) in [6.07, 6.45) is 6.19. The second-order valence-corrected chi connectivity index (χ2v) is 5.46. The molecule has 3 heteroatoms. The van der Waals surface area contributed by atoms with Crippen LogP contribution >= 0.6 is 0 Å². The summed E-state index contributed by atoms with van der Waals surface area (Å²) in [5.74, 6) is 0. The van der Waals surface area contributed by atoms with Crippen LogP contribution in [0.5, 0.6) is 0 Å². The van der Waals surface area contributed by atoms with Crippen molar-refractivity contribution >= 4 is 17.7 Å². The summed E-state index contributed by atoms with van der Waals surface area (Å²) < 4.78 is 0. The van der Waals surface area contributed by atoms with Gasteiger partial charge in [0.05, 0.1) is 0 Å². The summed E-state index contributed by atoms with van der Waals surface area (Å²) >= 11 is 0. The van der Waals surface area contributed by atoms with Crippen LogP contribution in [0.25, 0.3) is 0 Å². The number of aryl methyl sites for hydroxylation is 1. The smallest absolute Gasteiger partial charge is 0.120 e. The van der Waals surface area contributed by atoms with Crippen molar-refractivity contribution in [3.8, 4) is 0 Å². The number of rotatable bonds is 6. The summed E-state index contributed by atoms with van der Waals surface area (Å²) in [4.78, 5) is 15.1. The molecule has 1 saturated heterocycles. The lowest BCUT2D eigenvalue weighted by atomic mass is 10.0. The minimum atomic E-state index is 0.654. The molecule has 0 unspecified atom stereocenters. The van der Waals surface area contributed by atoms with E-state index in [1.54, 1.807) is 0 Å². The van der Waals surface area contributed by atoms with Gasteiger partial charge >= 0.3 is 0 Å². The molecule has 0 atom stereocenters. The fraction of sp³-hybridized carbons (Fsp3) is 0.562. The second kappa shape index (κ2) is 6.60. The minimum Gasteiger partial charge on any atom is -0.377 e. The number of benzene rings is 1. The first-order chi connectivity index (χ1) is 9.22. The van der Waals surface area contributed by atoms with Gasteiger partial charge in [-0.1, -0.05) is 6.07 Å². The van der Waals surface area contributed by atoms with Crippen LogP contribution in [-0.2, 0) is 11.2 Å². The van der Waals surface area contributed by atoms with Gasteiger partial charge in [-0.25, -0.2) is 0 Å². The summed E-state index contributed by atoms with van der Waals surface area (Å²) in [5.41, 5.74) is 3.96. The van der Waals surface area contributed by atoms with E-state index in [9.17, 15) is 4.79 Å². The van der Waals surface area contributed by atoms with E-state index < -0.39 is 0 Å². The lowest BCUT2D eigenvalue weighted by molar-refractivity contribution is -0.107. The Balaban J connectivity index is 2.16. The van der Waals surface area contributed by atoms with Crippen molar-refractivity contribution in [1.82, 2.24) is 0 Å². The third-order valence-electron chi connectivity index (χ3n) is 3.79. The highest BCUT2D eigenvalue weighted by Gasteiger charge is 2.14. The van der Waals surface area contributed by atoms with Crippen molar-refractivity contribution < 1.29 is 4.79 Å². The quantitative estimate of drug-likeness (QED) is 0.580. The number of hydrogen-bond acceptors (Lipinski definition) is 3. The van der Waals surface area contributed by atoms with Crippen LogP contribution in [0, 0.1) is 0 Å². The van der Waals surface area contributed by atoms with Crippen LogP contribution in [-0.4, -0.2) is 33.5 Å². The molecule has 0 bridgehead atoms. The van der Waals surface area contributed by atoms with Gasteiger partial charge in [-0.05, 0) is 43.4 Å². The standard InChI is InChI=1S/C16H24N2O/c1-17(2)16-13-15(18-10-4-5-11-18)9-8-14(16)7-3-6-12-19/h8-9,12-13H,3-7,10-11H2,1-2H3. The Bertz CT molecular complexity index is 423. The number of carbonyl (C=O) groups is 1. The number of nitrogens with zero attached hydrogens (tertiary/aromatic N) is 2. The monoisotopic (exact) mass is 260 g/mol. The highest BCUT2D eigenvalue weighted by Crippen LogP contribution is 2.28. The highest BCUT2D eigenvalue weighted by molar-refractivity contribution is 5.63. The van der Waals surface area contributed by atoms with Gasteiger partial charge in [0.25, 0.3) is 0 Å². The molecular formula is C16H24N2O. The average Bonchev–Trinajstić information content (AvgIpc) is 2.93. The van der Waals surface area contributed by atoms with E-state index in [1.807, 2.05) is 0 Å². The number of anilines is 2. The van der Waals surface area contributed by atoms with E-state index in [0.717, 1.165) is 19.1 Å². The summed E-state index contributed by atoms with van der Waals surface area (Å²) in [7, 11) is 4.18. The lowest BCUT2D eigenvalue weighted by Gasteiger charge is -2.23. The number of carbonyl (C=O) groups excluding carboxylic acids is 1. The summed E-state index contributed by atoms with van der Waals surface area (Å²) in [6, 6.07) is 6.75. The normalized spacial score (nSPS) is 14.7. The van der Waals surface area contributed by atoms with Gasteiger partial charge in [0.15, 0.2) is 0 Å². The van der Waals surface area contributed by atoms with Gasteiger partial charge in [0, 0.05) is 45.0 Å². The SMILES string of the molecule is CN(C)c1cc(N2CCCC2)ccc1CCCC=O. The fourth-order valence-electron chi connectivity index (χ4n) is 2.73. The Labute approximate surface area is 116 Å². The van der Waals surface area contributed by atoms with Gasteiger partial charge < -0.3 is 14.6 Å². The maximum atomic E-state index is 10.4. The topological polar surface area (TPSA) is 23.6 Å². The van der Waals surface area contributed by atoms with Crippen molar-refractivity contribution in [2.75, 3.05) is 37.0 Å². The Morgan fingerprint density at radius 2 is 2.00 bits per heavy atom. The molecule has 0 saturated carbocycles. The molecular weight excluding hydrogens is 236 g/mol. The molecule has 1 fully saturated rings. The van der Waals surface area contributed by atoms with Gasteiger partial charge in [-0.2, -0.15) is 0 Å². The molecule has 19 heavy (non-hydrogen) atoms. The molecule has 0 aliphatic carbocycles. The van der Waals surface area contributed by atoms with Gasteiger partial charge in [-0.3, -0.25) is 0 Å².